The predicted molar refractivity (Wildman–Crippen MR) is 80.0 cm³/mol. The van der Waals surface area contributed by atoms with Gasteiger partial charge in [-0.25, -0.2) is 4.98 Å². The maximum Gasteiger partial charge on any atom is 0.130 e. The highest BCUT2D eigenvalue weighted by atomic mass is 15.3. The molecule has 2 aromatic heterocycles. The minimum absolute atomic E-state index is 0.542. The van der Waals surface area contributed by atoms with Gasteiger partial charge in [0.15, 0.2) is 0 Å². The van der Waals surface area contributed by atoms with E-state index in [0.29, 0.717) is 11.4 Å². The number of benzene rings is 1. The van der Waals surface area contributed by atoms with Crippen molar-refractivity contribution in [2.24, 2.45) is 0 Å². The van der Waals surface area contributed by atoms with Crippen LogP contribution in [0.1, 0.15) is 11.1 Å². The zero-order chi connectivity index (χ0) is 14.5. The minimum Gasteiger partial charge on any atom is -0.338 e. The van der Waals surface area contributed by atoms with E-state index in [-0.39, 0.29) is 0 Å². The summed E-state index contributed by atoms with van der Waals surface area (Å²) in [5.74, 6) is 0.688. The standard InChI is InChI=1S/C16H13N5/c17-8-14-6-7-16(18-9-14)20-15-10-19-21(12-15)11-13-4-2-1-3-5-13/h1-7,9-10,12H,11H2,(H,18,20). The molecular weight excluding hydrogens is 262 g/mol. The van der Waals surface area contributed by atoms with Gasteiger partial charge in [-0.1, -0.05) is 30.3 Å². The number of nitrogens with one attached hydrogen (secondary N) is 1. The first-order chi connectivity index (χ1) is 10.3. The van der Waals surface area contributed by atoms with Crippen molar-refractivity contribution < 1.29 is 0 Å². The molecule has 3 aromatic rings. The van der Waals surface area contributed by atoms with Crippen molar-refractivity contribution in [3.05, 3.63) is 72.2 Å². The van der Waals surface area contributed by atoms with E-state index >= 15 is 0 Å². The van der Waals surface area contributed by atoms with Crippen molar-refractivity contribution in [2.45, 2.75) is 6.54 Å². The third kappa shape index (κ3) is 3.25. The Bertz CT molecular complexity index is 753. The second kappa shape index (κ2) is 5.88. The van der Waals surface area contributed by atoms with Gasteiger partial charge in [0, 0.05) is 12.4 Å². The van der Waals surface area contributed by atoms with Gasteiger partial charge in [-0.2, -0.15) is 10.4 Å². The molecule has 2 heterocycles. The summed E-state index contributed by atoms with van der Waals surface area (Å²) in [6.07, 6.45) is 5.21. The number of pyridine rings is 1. The van der Waals surface area contributed by atoms with Crippen LogP contribution in [-0.4, -0.2) is 14.8 Å². The quantitative estimate of drug-likeness (QED) is 0.795. The van der Waals surface area contributed by atoms with Crippen molar-refractivity contribution in [3.8, 4) is 6.07 Å². The highest BCUT2D eigenvalue weighted by molar-refractivity contribution is 5.54. The first-order valence-electron chi connectivity index (χ1n) is 6.53. The largest absolute Gasteiger partial charge is 0.338 e. The minimum atomic E-state index is 0.542. The van der Waals surface area contributed by atoms with Crippen molar-refractivity contribution >= 4 is 11.5 Å². The van der Waals surface area contributed by atoms with Crippen LogP contribution in [0.3, 0.4) is 0 Å². The van der Waals surface area contributed by atoms with Crippen molar-refractivity contribution in [3.63, 3.8) is 0 Å². The van der Waals surface area contributed by atoms with Crippen LogP contribution >= 0.6 is 0 Å². The molecule has 5 heteroatoms. The molecule has 21 heavy (non-hydrogen) atoms. The van der Waals surface area contributed by atoms with Crippen molar-refractivity contribution in [1.82, 2.24) is 14.8 Å². The maximum atomic E-state index is 8.74. The Labute approximate surface area is 122 Å². The Balaban J connectivity index is 1.68. The summed E-state index contributed by atoms with van der Waals surface area (Å²) in [5, 5.41) is 16.2. The lowest BCUT2D eigenvalue weighted by molar-refractivity contribution is 0.687. The molecule has 5 nitrogen and oxygen atoms in total. The zero-order valence-electron chi connectivity index (χ0n) is 11.3. The van der Waals surface area contributed by atoms with Crippen molar-refractivity contribution in [2.75, 3.05) is 5.32 Å². The fourth-order valence-corrected chi connectivity index (χ4v) is 1.97. The summed E-state index contributed by atoms with van der Waals surface area (Å²) in [6, 6.07) is 15.7. The van der Waals surface area contributed by atoms with E-state index in [2.05, 4.69) is 27.5 Å². The van der Waals surface area contributed by atoms with Gasteiger partial charge in [0.25, 0.3) is 0 Å². The summed E-state index contributed by atoms with van der Waals surface area (Å²) >= 11 is 0. The molecule has 0 fully saturated rings. The molecule has 1 aromatic carbocycles. The number of rotatable bonds is 4. The van der Waals surface area contributed by atoms with Crippen LogP contribution in [0, 0.1) is 11.3 Å². The van der Waals surface area contributed by atoms with E-state index in [9.17, 15) is 0 Å². The molecule has 0 saturated carbocycles. The van der Waals surface area contributed by atoms with Crippen LogP contribution < -0.4 is 5.32 Å². The molecule has 0 bridgehead atoms. The SMILES string of the molecule is N#Cc1ccc(Nc2cnn(Cc3ccccc3)c2)nc1. The molecule has 0 unspecified atom stereocenters. The lowest BCUT2D eigenvalue weighted by atomic mass is 10.2. The van der Waals surface area contributed by atoms with Gasteiger partial charge in [-0.3, -0.25) is 4.68 Å². The molecule has 0 spiro atoms. The van der Waals surface area contributed by atoms with Crippen LogP contribution in [-0.2, 0) is 6.54 Å². The van der Waals surface area contributed by atoms with Crippen LogP contribution in [0.25, 0.3) is 0 Å². The number of hydrogen-bond donors (Lipinski definition) is 1. The third-order valence-electron chi connectivity index (χ3n) is 2.99. The van der Waals surface area contributed by atoms with Crippen LogP contribution in [0.2, 0.25) is 0 Å². The maximum absolute atomic E-state index is 8.74. The van der Waals surface area contributed by atoms with E-state index in [4.69, 9.17) is 5.26 Å². The Kier molecular flexibility index (Phi) is 3.61. The molecule has 102 valence electrons. The summed E-state index contributed by atoms with van der Waals surface area (Å²) in [7, 11) is 0. The van der Waals surface area contributed by atoms with Gasteiger partial charge in [-0.15, -0.1) is 0 Å². The van der Waals surface area contributed by atoms with Gasteiger partial charge < -0.3 is 5.32 Å². The Morgan fingerprint density at radius 3 is 2.67 bits per heavy atom. The average molecular weight is 275 g/mol. The number of hydrogen-bond acceptors (Lipinski definition) is 4. The summed E-state index contributed by atoms with van der Waals surface area (Å²) in [6.45, 7) is 0.726. The fraction of sp³-hybridized carbons (Fsp3) is 0.0625. The van der Waals surface area contributed by atoms with E-state index in [1.54, 1.807) is 18.3 Å². The third-order valence-corrected chi connectivity index (χ3v) is 2.99. The summed E-state index contributed by atoms with van der Waals surface area (Å²) < 4.78 is 1.86. The monoisotopic (exact) mass is 275 g/mol. The number of anilines is 2. The molecule has 1 N–H and O–H groups in total. The van der Waals surface area contributed by atoms with Crippen molar-refractivity contribution in [1.29, 1.82) is 5.26 Å². The normalized spacial score (nSPS) is 10.0. The van der Waals surface area contributed by atoms with Crippen LogP contribution in [0.4, 0.5) is 11.5 Å². The van der Waals surface area contributed by atoms with E-state index in [1.807, 2.05) is 35.1 Å². The van der Waals surface area contributed by atoms with Crippen LogP contribution in [0.5, 0.6) is 0 Å². The molecular formula is C16H13N5. The highest BCUT2D eigenvalue weighted by Gasteiger charge is 2.01. The topological polar surface area (TPSA) is 66.5 Å². The Hall–Kier alpha value is -3.13. The van der Waals surface area contributed by atoms with E-state index in [0.717, 1.165) is 12.2 Å². The smallest absolute Gasteiger partial charge is 0.130 e. The lowest BCUT2D eigenvalue weighted by Crippen LogP contribution is -1.99. The summed E-state index contributed by atoms with van der Waals surface area (Å²) in [5.41, 5.74) is 2.60. The number of nitrogens with zero attached hydrogens (tertiary/aromatic N) is 4. The average Bonchev–Trinajstić information content (AvgIpc) is 2.96. The molecule has 0 saturated heterocycles. The van der Waals surface area contributed by atoms with E-state index < -0.39 is 0 Å². The number of aromatic nitrogens is 3. The Morgan fingerprint density at radius 2 is 1.95 bits per heavy atom. The first-order valence-corrected chi connectivity index (χ1v) is 6.53. The number of nitriles is 1. The van der Waals surface area contributed by atoms with Gasteiger partial charge >= 0.3 is 0 Å². The molecule has 3 rings (SSSR count). The molecule has 0 aliphatic heterocycles. The summed E-state index contributed by atoms with van der Waals surface area (Å²) in [4.78, 5) is 4.17. The molecule has 0 aliphatic rings. The Morgan fingerprint density at radius 1 is 1.10 bits per heavy atom. The second-order valence-corrected chi connectivity index (χ2v) is 4.58. The molecule has 0 aliphatic carbocycles. The first kappa shape index (κ1) is 12.9. The molecule has 0 amide bonds. The van der Waals surface area contributed by atoms with Gasteiger partial charge in [0.05, 0.1) is 24.0 Å². The predicted octanol–water partition coefficient (Wildman–Crippen LogP) is 2.94. The lowest BCUT2D eigenvalue weighted by Gasteiger charge is -2.02. The van der Waals surface area contributed by atoms with E-state index in [1.165, 1.54) is 11.8 Å². The second-order valence-electron chi connectivity index (χ2n) is 4.58. The highest BCUT2D eigenvalue weighted by Crippen LogP contribution is 2.14. The molecule has 0 atom stereocenters. The fourth-order valence-electron chi connectivity index (χ4n) is 1.97. The van der Waals surface area contributed by atoms with Crippen LogP contribution in [0.15, 0.2) is 61.1 Å². The van der Waals surface area contributed by atoms with Gasteiger partial charge in [-0.05, 0) is 17.7 Å². The van der Waals surface area contributed by atoms with Gasteiger partial charge in [0.1, 0.15) is 11.9 Å². The molecule has 0 radical (unpaired) electrons. The zero-order valence-corrected chi connectivity index (χ0v) is 11.3. The van der Waals surface area contributed by atoms with Gasteiger partial charge in [0.2, 0.25) is 0 Å².